The third-order valence-corrected chi connectivity index (χ3v) is 2.89. The molecule has 4 nitrogen and oxygen atoms in total. The molecule has 1 fully saturated rings. The molecule has 0 bridgehead atoms. The molecule has 1 aromatic rings. The fourth-order valence-electron chi connectivity index (χ4n) is 1.86. The van der Waals surface area contributed by atoms with Crippen LogP contribution in [0.25, 0.3) is 0 Å². The average molecular weight is 224 g/mol. The Morgan fingerprint density at radius 1 is 1.19 bits per heavy atom. The van der Waals surface area contributed by atoms with E-state index in [0.29, 0.717) is 31.1 Å². The quantitative estimate of drug-likeness (QED) is 0.841. The highest BCUT2D eigenvalue weighted by molar-refractivity contribution is 5.41. The molecule has 1 aliphatic heterocycles. The van der Waals surface area contributed by atoms with Gasteiger partial charge in [0.25, 0.3) is 0 Å². The van der Waals surface area contributed by atoms with Crippen LogP contribution in [0.3, 0.4) is 0 Å². The van der Waals surface area contributed by atoms with Crippen molar-refractivity contribution in [3.8, 4) is 11.5 Å². The van der Waals surface area contributed by atoms with Crippen LogP contribution in [0.4, 0.5) is 0 Å². The molecule has 1 aromatic carbocycles. The zero-order valence-electron chi connectivity index (χ0n) is 9.53. The summed E-state index contributed by atoms with van der Waals surface area (Å²) in [7, 11) is 3.18. The second kappa shape index (κ2) is 4.31. The lowest BCUT2D eigenvalue weighted by Crippen LogP contribution is -2.25. The van der Waals surface area contributed by atoms with Gasteiger partial charge in [0.15, 0.2) is 0 Å². The van der Waals surface area contributed by atoms with Gasteiger partial charge in [0.1, 0.15) is 17.1 Å². The van der Waals surface area contributed by atoms with E-state index in [1.54, 1.807) is 20.3 Å². The van der Waals surface area contributed by atoms with Crippen LogP contribution in [0.5, 0.6) is 11.5 Å². The maximum absolute atomic E-state index is 10.4. The van der Waals surface area contributed by atoms with E-state index < -0.39 is 5.60 Å². The molecule has 1 atom stereocenters. The third-order valence-electron chi connectivity index (χ3n) is 2.89. The number of hydrogen-bond donors (Lipinski definition) is 1. The summed E-state index contributed by atoms with van der Waals surface area (Å²) < 4.78 is 15.6. The van der Waals surface area contributed by atoms with Crippen molar-refractivity contribution in [3.05, 3.63) is 23.8 Å². The lowest BCUT2D eigenvalue weighted by Gasteiger charge is -2.22. The van der Waals surface area contributed by atoms with Crippen LogP contribution in [0.2, 0.25) is 0 Å². The van der Waals surface area contributed by atoms with Gasteiger partial charge in [-0.3, -0.25) is 0 Å². The summed E-state index contributed by atoms with van der Waals surface area (Å²) in [5.41, 5.74) is -0.136. The van der Waals surface area contributed by atoms with Crippen LogP contribution in [0.1, 0.15) is 12.0 Å². The van der Waals surface area contributed by atoms with Crippen LogP contribution in [0.15, 0.2) is 18.2 Å². The average Bonchev–Trinajstić information content (AvgIpc) is 2.77. The molecule has 4 heteroatoms. The SMILES string of the molecule is COc1cc(OC)cc(C2(O)CCOC2)c1. The van der Waals surface area contributed by atoms with Crippen LogP contribution in [0, 0.1) is 0 Å². The number of methoxy groups -OCH3 is 2. The van der Waals surface area contributed by atoms with Crippen LogP contribution >= 0.6 is 0 Å². The molecule has 1 N–H and O–H groups in total. The molecule has 0 amide bonds. The zero-order chi connectivity index (χ0) is 11.6. The Hall–Kier alpha value is -1.26. The van der Waals surface area contributed by atoms with E-state index in [4.69, 9.17) is 14.2 Å². The Labute approximate surface area is 94.8 Å². The standard InChI is InChI=1S/C12H16O4/c1-14-10-5-9(6-11(7-10)15-2)12(13)3-4-16-8-12/h5-7,13H,3-4,8H2,1-2H3. The van der Waals surface area contributed by atoms with Crippen molar-refractivity contribution in [2.45, 2.75) is 12.0 Å². The molecule has 16 heavy (non-hydrogen) atoms. The first-order valence-electron chi connectivity index (χ1n) is 5.21. The maximum Gasteiger partial charge on any atom is 0.122 e. The van der Waals surface area contributed by atoms with Crippen molar-refractivity contribution >= 4 is 0 Å². The number of rotatable bonds is 3. The highest BCUT2D eigenvalue weighted by atomic mass is 16.5. The molecule has 88 valence electrons. The van der Waals surface area contributed by atoms with E-state index in [1.165, 1.54) is 0 Å². The lowest BCUT2D eigenvalue weighted by atomic mass is 9.93. The number of benzene rings is 1. The van der Waals surface area contributed by atoms with Gasteiger partial charge in [-0.25, -0.2) is 0 Å². The first-order valence-corrected chi connectivity index (χ1v) is 5.21. The summed E-state index contributed by atoms with van der Waals surface area (Å²) >= 11 is 0. The lowest BCUT2D eigenvalue weighted by molar-refractivity contribution is 0.0228. The number of hydrogen-bond acceptors (Lipinski definition) is 4. The summed E-state index contributed by atoms with van der Waals surface area (Å²) in [5.74, 6) is 1.35. The minimum absolute atomic E-state index is 0.323. The molecule has 0 aromatic heterocycles. The van der Waals surface area contributed by atoms with Crippen molar-refractivity contribution in [1.29, 1.82) is 0 Å². The Morgan fingerprint density at radius 2 is 1.81 bits per heavy atom. The van der Waals surface area contributed by atoms with E-state index >= 15 is 0 Å². The van der Waals surface area contributed by atoms with Gasteiger partial charge in [-0.15, -0.1) is 0 Å². The van der Waals surface area contributed by atoms with Crippen molar-refractivity contribution in [1.82, 2.24) is 0 Å². The Morgan fingerprint density at radius 3 is 2.25 bits per heavy atom. The minimum atomic E-state index is -0.915. The molecule has 1 heterocycles. The summed E-state index contributed by atoms with van der Waals surface area (Å²) in [6.45, 7) is 0.902. The third kappa shape index (κ3) is 1.99. The zero-order valence-corrected chi connectivity index (χ0v) is 9.53. The first-order chi connectivity index (χ1) is 7.68. The molecular formula is C12H16O4. The molecule has 2 rings (SSSR count). The van der Waals surface area contributed by atoms with E-state index in [1.807, 2.05) is 12.1 Å². The first kappa shape index (κ1) is 11.2. The Bertz CT molecular complexity index is 347. The van der Waals surface area contributed by atoms with Crippen LogP contribution in [-0.4, -0.2) is 32.5 Å². The van der Waals surface area contributed by atoms with Gasteiger partial charge in [-0.1, -0.05) is 0 Å². The van der Waals surface area contributed by atoms with Gasteiger partial charge in [0.05, 0.1) is 20.8 Å². The largest absolute Gasteiger partial charge is 0.497 e. The van der Waals surface area contributed by atoms with Gasteiger partial charge in [-0.2, -0.15) is 0 Å². The van der Waals surface area contributed by atoms with Gasteiger partial charge in [0.2, 0.25) is 0 Å². The summed E-state index contributed by atoms with van der Waals surface area (Å²) in [6, 6.07) is 5.41. The monoisotopic (exact) mass is 224 g/mol. The predicted molar refractivity (Wildman–Crippen MR) is 58.9 cm³/mol. The summed E-state index contributed by atoms with van der Waals surface area (Å²) in [5, 5.41) is 10.4. The van der Waals surface area contributed by atoms with Gasteiger partial charge < -0.3 is 19.3 Å². The van der Waals surface area contributed by atoms with Crippen molar-refractivity contribution in [3.63, 3.8) is 0 Å². The molecule has 1 saturated heterocycles. The van der Waals surface area contributed by atoms with E-state index in [0.717, 1.165) is 5.56 Å². The number of ether oxygens (including phenoxy) is 3. The maximum atomic E-state index is 10.4. The topological polar surface area (TPSA) is 47.9 Å². The molecular weight excluding hydrogens is 208 g/mol. The smallest absolute Gasteiger partial charge is 0.122 e. The second-order valence-electron chi connectivity index (χ2n) is 3.94. The highest BCUT2D eigenvalue weighted by Crippen LogP contribution is 2.34. The van der Waals surface area contributed by atoms with E-state index in [2.05, 4.69) is 0 Å². The van der Waals surface area contributed by atoms with Crippen LogP contribution < -0.4 is 9.47 Å². The highest BCUT2D eigenvalue weighted by Gasteiger charge is 2.34. The van der Waals surface area contributed by atoms with Crippen LogP contribution in [-0.2, 0) is 10.3 Å². The Balaban J connectivity index is 2.39. The van der Waals surface area contributed by atoms with E-state index in [9.17, 15) is 5.11 Å². The molecule has 1 unspecified atom stereocenters. The van der Waals surface area contributed by atoms with Crippen molar-refractivity contribution in [2.24, 2.45) is 0 Å². The summed E-state index contributed by atoms with van der Waals surface area (Å²) in [4.78, 5) is 0. The Kier molecular flexibility index (Phi) is 3.03. The van der Waals surface area contributed by atoms with Gasteiger partial charge in [-0.05, 0) is 17.7 Å². The van der Waals surface area contributed by atoms with Gasteiger partial charge >= 0.3 is 0 Å². The second-order valence-corrected chi connectivity index (χ2v) is 3.94. The van der Waals surface area contributed by atoms with Gasteiger partial charge in [0, 0.05) is 19.1 Å². The fraction of sp³-hybridized carbons (Fsp3) is 0.500. The van der Waals surface area contributed by atoms with Crippen molar-refractivity contribution in [2.75, 3.05) is 27.4 Å². The minimum Gasteiger partial charge on any atom is -0.497 e. The molecule has 0 aliphatic carbocycles. The fourth-order valence-corrected chi connectivity index (χ4v) is 1.86. The van der Waals surface area contributed by atoms with E-state index in [-0.39, 0.29) is 0 Å². The number of aliphatic hydroxyl groups is 1. The van der Waals surface area contributed by atoms with Crippen molar-refractivity contribution < 1.29 is 19.3 Å². The summed E-state index contributed by atoms with van der Waals surface area (Å²) in [6.07, 6.45) is 0.601. The molecule has 0 spiro atoms. The normalized spacial score (nSPS) is 24.4. The molecule has 1 aliphatic rings. The predicted octanol–water partition coefficient (Wildman–Crippen LogP) is 1.31. The molecule has 0 radical (unpaired) electrons. The molecule has 0 saturated carbocycles.